The first-order valence-electron chi connectivity index (χ1n) is 20.3. The number of halogens is 1. The average Bonchev–Trinajstić information content (AvgIpc) is 3.62. The number of piperidine rings is 1. The molecular formula is C46H47ClN10O4. The van der Waals surface area contributed by atoms with Crippen LogP contribution in [0.1, 0.15) is 35.4 Å². The lowest BCUT2D eigenvalue weighted by Crippen LogP contribution is -2.46. The Morgan fingerprint density at radius 2 is 1.67 bits per heavy atom. The van der Waals surface area contributed by atoms with Gasteiger partial charge in [0.1, 0.15) is 12.1 Å². The second-order valence-corrected chi connectivity index (χ2v) is 15.9. The van der Waals surface area contributed by atoms with Gasteiger partial charge in [0.15, 0.2) is 0 Å². The first kappa shape index (κ1) is 41.1. The molecule has 2 saturated heterocycles. The maximum Gasteiger partial charge on any atom is 0.350 e. The van der Waals surface area contributed by atoms with Gasteiger partial charge in [-0.1, -0.05) is 48.0 Å². The Balaban J connectivity index is 1.02. The Hall–Kier alpha value is -6.64. The minimum atomic E-state index is -0.429. The van der Waals surface area contributed by atoms with Crippen molar-refractivity contribution in [2.24, 2.45) is 7.05 Å². The fraction of sp³-hybridized carbons (Fsp3) is 0.283. The molecule has 3 amide bonds. The minimum absolute atomic E-state index is 0.242. The zero-order chi connectivity index (χ0) is 42.6. The predicted molar refractivity (Wildman–Crippen MR) is 237 cm³/mol. The smallest absolute Gasteiger partial charge is 0.350 e. The summed E-state index contributed by atoms with van der Waals surface area (Å²) in [7, 11) is 3.59. The van der Waals surface area contributed by atoms with Gasteiger partial charge in [-0.25, -0.2) is 19.0 Å². The van der Waals surface area contributed by atoms with Crippen molar-refractivity contribution >= 4 is 47.0 Å². The molecule has 0 bridgehead atoms. The van der Waals surface area contributed by atoms with Gasteiger partial charge in [-0.3, -0.25) is 34.5 Å². The summed E-state index contributed by atoms with van der Waals surface area (Å²) < 4.78 is 2.82. The SMILES string of the molecule is Cc1c(-c2ccc(-n3cnn(C)c3=O)cc2-c2ccc(N3CCN(Cc4cccc(C5CCC(=O)NC5=O)c4Cl)CC3)cc2)ccnc1N(C=O)CCN(C)c1cccnc1. The van der Waals surface area contributed by atoms with E-state index in [9.17, 15) is 19.2 Å². The average molecular weight is 839 g/mol. The number of hydrogen-bond acceptors (Lipinski definition) is 10. The molecular weight excluding hydrogens is 792 g/mol. The number of carbonyl (C=O) groups excluding carboxylic acids is 3. The summed E-state index contributed by atoms with van der Waals surface area (Å²) in [5, 5.41) is 7.22. The molecule has 14 nitrogen and oxygen atoms in total. The van der Waals surface area contributed by atoms with Crippen LogP contribution in [0.2, 0.25) is 5.02 Å². The van der Waals surface area contributed by atoms with E-state index in [0.29, 0.717) is 49.0 Å². The van der Waals surface area contributed by atoms with E-state index >= 15 is 0 Å². The molecule has 1 atom stereocenters. The largest absolute Gasteiger partial charge is 0.372 e. The molecule has 0 spiro atoms. The fourth-order valence-corrected chi connectivity index (χ4v) is 8.55. The van der Waals surface area contributed by atoms with E-state index in [1.165, 1.54) is 15.6 Å². The van der Waals surface area contributed by atoms with E-state index in [1.54, 1.807) is 30.5 Å². The molecule has 312 valence electrons. The number of hydrogen-bond donors (Lipinski definition) is 1. The third kappa shape index (κ3) is 8.68. The zero-order valence-corrected chi connectivity index (χ0v) is 35.1. The van der Waals surface area contributed by atoms with Crippen LogP contribution < -0.4 is 25.7 Å². The third-order valence-corrected chi connectivity index (χ3v) is 12.2. The van der Waals surface area contributed by atoms with Gasteiger partial charge in [-0.2, -0.15) is 5.10 Å². The summed E-state index contributed by atoms with van der Waals surface area (Å²) >= 11 is 6.89. The van der Waals surface area contributed by atoms with Gasteiger partial charge in [-0.05, 0) is 94.8 Å². The summed E-state index contributed by atoms with van der Waals surface area (Å²) in [6.07, 6.45) is 8.36. The number of rotatable bonds is 13. The van der Waals surface area contributed by atoms with Crippen LogP contribution in [0.4, 0.5) is 17.2 Å². The Labute approximate surface area is 359 Å². The molecule has 0 radical (unpaired) electrons. The molecule has 1 N–H and O–H groups in total. The number of likely N-dealkylation sites (N-methyl/N-ethyl adjacent to an activating group) is 1. The molecule has 0 saturated carbocycles. The zero-order valence-electron chi connectivity index (χ0n) is 34.4. The summed E-state index contributed by atoms with van der Waals surface area (Å²) in [4.78, 5) is 67.1. The first-order chi connectivity index (χ1) is 29.6. The van der Waals surface area contributed by atoms with Crippen LogP contribution in [0.25, 0.3) is 27.9 Å². The van der Waals surface area contributed by atoms with Crippen LogP contribution in [0.3, 0.4) is 0 Å². The van der Waals surface area contributed by atoms with Gasteiger partial charge >= 0.3 is 5.69 Å². The molecule has 0 aliphatic carbocycles. The maximum absolute atomic E-state index is 13.0. The maximum atomic E-state index is 13.0. The fourth-order valence-electron chi connectivity index (χ4n) is 8.24. The number of nitrogens with one attached hydrogen (secondary N) is 1. The number of aryl methyl sites for hydroxylation is 1. The lowest BCUT2D eigenvalue weighted by molar-refractivity contribution is -0.134. The Morgan fingerprint density at radius 3 is 2.38 bits per heavy atom. The molecule has 8 rings (SSSR count). The van der Waals surface area contributed by atoms with Crippen molar-refractivity contribution in [1.82, 2.24) is 34.5 Å². The lowest BCUT2D eigenvalue weighted by atomic mass is 9.89. The van der Waals surface area contributed by atoms with Gasteiger partial charge in [0, 0.05) is 89.4 Å². The molecule has 6 aromatic rings. The van der Waals surface area contributed by atoms with Crippen molar-refractivity contribution in [1.29, 1.82) is 0 Å². The quantitative estimate of drug-likeness (QED) is 0.116. The highest BCUT2D eigenvalue weighted by atomic mass is 35.5. The van der Waals surface area contributed by atoms with Crippen LogP contribution >= 0.6 is 11.6 Å². The molecule has 61 heavy (non-hydrogen) atoms. The highest BCUT2D eigenvalue weighted by molar-refractivity contribution is 6.32. The molecule has 15 heteroatoms. The van der Waals surface area contributed by atoms with Crippen LogP contribution in [0.5, 0.6) is 0 Å². The summed E-state index contributed by atoms with van der Waals surface area (Å²) in [5.41, 5.74) is 8.80. The lowest BCUT2D eigenvalue weighted by Gasteiger charge is -2.36. The van der Waals surface area contributed by atoms with Crippen LogP contribution in [-0.4, -0.2) is 93.8 Å². The molecule has 3 aromatic carbocycles. The van der Waals surface area contributed by atoms with Crippen LogP contribution in [-0.2, 0) is 28.0 Å². The Morgan fingerprint density at radius 1 is 0.885 bits per heavy atom. The van der Waals surface area contributed by atoms with Gasteiger partial charge in [-0.15, -0.1) is 0 Å². The summed E-state index contributed by atoms with van der Waals surface area (Å²) in [6, 6.07) is 26.1. The molecule has 2 aliphatic heterocycles. The number of carbonyl (C=O) groups is 3. The van der Waals surface area contributed by atoms with Crippen LogP contribution in [0, 0.1) is 6.92 Å². The Kier molecular flexibility index (Phi) is 12.1. The second kappa shape index (κ2) is 17.9. The molecule has 2 fully saturated rings. The normalized spacial score (nSPS) is 15.7. The number of pyridine rings is 2. The number of imide groups is 1. The van der Waals surface area contributed by atoms with E-state index < -0.39 is 5.92 Å². The van der Waals surface area contributed by atoms with E-state index in [4.69, 9.17) is 11.6 Å². The topological polar surface area (TPSA) is 142 Å². The number of amides is 3. The number of piperazine rings is 1. The third-order valence-electron chi connectivity index (χ3n) is 11.8. The van der Waals surface area contributed by atoms with Crippen molar-refractivity contribution in [3.05, 3.63) is 136 Å². The monoisotopic (exact) mass is 838 g/mol. The van der Waals surface area contributed by atoms with Crippen molar-refractivity contribution < 1.29 is 14.4 Å². The highest BCUT2D eigenvalue weighted by Crippen LogP contribution is 2.38. The van der Waals surface area contributed by atoms with Gasteiger partial charge in [0.2, 0.25) is 18.2 Å². The molecule has 1 unspecified atom stereocenters. The molecule has 3 aromatic heterocycles. The van der Waals surface area contributed by atoms with Crippen molar-refractivity contribution in [3.63, 3.8) is 0 Å². The van der Waals surface area contributed by atoms with E-state index in [0.717, 1.165) is 82.9 Å². The second-order valence-electron chi connectivity index (χ2n) is 15.5. The summed E-state index contributed by atoms with van der Waals surface area (Å²) in [6.45, 7) is 6.93. The predicted octanol–water partition coefficient (Wildman–Crippen LogP) is 5.60. The minimum Gasteiger partial charge on any atom is -0.372 e. The van der Waals surface area contributed by atoms with E-state index in [-0.39, 0.29) is 17.5 Å². The highest BCUT2D eigenvalue weighted by Gasteiger charge is 2.30. The van der Waals surface area contributed by atoms with E-state index in [2.05, 4.69) is 54.4 Å². The van der Waals surface area contributed by atoms with Crippen molar-refractivity contribution in [2.45, 2.75) is 32.2 Å². The standard InChI is InChI=1S/C46H47ClN10O4/c1-31-37(17-19-49-44(31)56(30-58)23-20-52(2)36-7-5-18-48-27-36)38-14-13-35(57-29-50-53(3)46(57)61)26-41(38)32-9-11-34(12-10-32)55-24-21-54(22-25-55)28-33-6-4-8-39(43(33)47)40-15-16-42(59)51-45(40)60/h4-14,17-19,26-27,29-30,40H,15-16,20-25,28H2,1-3H3,(H,51,59,60). The summed E-state index contributed by atoms with van der Waals surface area (Å²) in [5.74, 6) is -0.386. The van der Waals surface area contributed by atoms with Gasteiger partial charge < -0.3 is 9.80 Å². The van der Waals surface area contributed by atoms with Crippen LogP contribution in [0.15, 0.2) is 109 Å². The first-order valence-corrected chi connectivity index (χ1v) is 20.7. The van der Waals surface area contributed by atoms with E-state index in [1.807, 2.05) is 73.5 Å². The van der Waals surface area contributed by atoms with Crippen molar-refractivity contribution in [3.8, 4) is 27.9 Å². The Bertz CT molecular complexity index is 2620. The number of anilines is 3. The molecule has 5 heterocycles. The number of benzene rings is 3. The van der Waals surface area contributed by atoms with Gasteiger partial charge in [0.05, 0.1) is 23.5 Å². The van der Waals surface area contributed by atoms with Crippen molar-refractivity contribution in [2.75, 3.05) is 61.0 Å². The number of nitrogens with zero attached hydrogens (tertiary/aromatic N) is 9. The number of aromatic nitrogens is 5. The molecule has 2 aliphatic rings. The van der Waals surface area contributed by atoms with Gasteiger partial charge in [0.25, 0.3) is 0 Å².